The lowest BCUT2D eigenvalue weighted by molar-refractivity contribution is 0.385. The van der Waals surface area contributed by atoms with Crippen molar-refractivity contribution in [1.29, 1.82) is 0 Å². The molecule has 1 atom stereocenters. The fourth-order valence-electron chi connectivity index (χ4n) is 2.71. The molecule has 11 heteroatoms. The van der Waals surface area contributed by atoms with Gasteiger partial charge in [0.15, 0.2) is 21.4 Å². The third kappa shape index (κ3) is 4.84. The van der Waals surface area contributed by atoms with Crippen molar-refractivity contribution in [3.63, 3.8) is 0 Å². The standard InChI is InChI=1S/C19H17ClFNO5S3/c1-27-17-9-8-15(11-16(17)21)30(25,26)22-12-19(18-3-2-10-28-18)29(23,24)14-6-4-13(20)5-7-14/h2-11,19,22H,12H2,1H3. The average molecular weight is 490 g/mol. The Hall–Kier alpha value is -1.98. The summed E-state index contributed by atoms with van der Waals surface area (Å²) in [6.45, 7) is -0.429. The van der Waals surface area contributed by atoms with Crippen LogP contribution in [-0.4, -0.2) is 30.5 Å². The fraction of sp³-hybridized carbons (Fsp3) is 0.158. The first-order valence-electron chi connectivity index (χ1n) is 8.51. The largest absolute Gasteiger partial charge is 0.494 e. The molecule has 1 aromatic heterocycles. The minimum atomic E-state index is -4.17. The number of sulfone groups is 1. The molecule has 160 valence electrons. The molecular weight excluding hydrogens is 473 g/mol. The highest BCUT2D eigenvalue weighted by molar-refractivity contribution is 7.92. The van der Waals surface area contributed by atoms with E-state index in [-0.39, 0.29) is 15.5 Å². The minimum Gasteiger partial charge on any atom is -0.494 e. The zero-order chi connectivity index (χ0) is 21.9. The number of thiophene rings is 1. The summed E-state index contributed by atoms with van der Waals surface area (Å²) in [5, 5.41) is 0.910. The molecule has 0 bridgehead atoms. The van der Waals surface area contributed by atoms with Gasteiger partial charge in [-0.25, -0.2) is 25.9 Å². The second-order valence-electron chi connectivity index (χ2n) is 6.15. The topological polar surface area (TPSA) is 89.5 Å². The maximum absolute atomic E-state index is 13.9. The Bertz CT molecular complexity index is 1230. The van der Waals surface area contributed by atoms with Crippen molar-refractivity contribution in [2.45, 2.75) is 15.0 Å². The number of benzene rings is 2. The van der Waals surface area contributed by atoms with Crippen LogP contribution in [0.15, 0.2) is 69.8 Å². The van der Waals surface area contributed by atoms with Crippen molar-refractivity contribution >= 4 is 42.8 Å². The number of rotatable bonds is 8. The molecule has 3 rings (SSSR count). The second-order valence-corrected chi connectivity index (χ2v) is 11.5. The van der Waals surface area contributed by atoms with Crippen LogP contribution in [0.2, 0.25) is 5.02 Å². The van der Waals surface area contributed by atoms with E-state index in [0.717, 1.165) is 6.07 Å². The van der Waals surface area contributed by atoms with Crippen LogP contribution >= 0.6 is 22.9 Å². The molecule has 1 N–H and O–H groups in total. The summed E-state index contributed by atoms with van der Waals surface area (Å²) < 4.78 is 72.6. The number of nitrogens with one attached hydrogen (secondary N) is 1. The van der Waals surface area contributed by atoms with Gasteiger partial charge >= 0.3 is 0 Å². The monoisotopic (exact) mass is 489 g/mol. The van der Waals surface area contributed by atoms with Crippen molar-refractivity contribution in [3.05, 3.63) is 75.7 Å². The quantitative estimate of drug-likeness (QED) is 0.515. The summed E-state index contributed by atoms with van der Waals surface area (Å²) >= 11 is 7.03. The fourth-order valence-corrected chi connectivity index (χ4v) is 6.78. The SMILES string of the molecule is COc1ccc(S(=O)(=O)NCC(c2cccs2)S(=O)(=O)c2ccc(Cl)cc2)cc1F. The summed E-state index contributed by atoms with van der Waals surface area (Å²) in [5.41, 5.74) is 0. The molecule has 30 heavy (non-hydrogen) atoms. The third-order valence-corrected chi connectivity index (χ3v) is 9.18. The van der Waals surface area contributed by atoms with Crippen LogP contribution in [0.5, 0.6) is 5.75 Å². The molecular formula is C19H17ClFNO5S3. The van der Waals surface area contributed by atoms with Crippen LogP contribution in [-0.2, 0) is 19.9 Å². The van der Waals surface area contributed by atoms with E-state index in [4.69, 9.17) is 16.3 Å². The van der Waals surface area contributed by atoms with Crippen LogP contribution in [0.25, 0.3) is 0 Å². The van der Waals surface area contributed by atoms with Gasteiger partial charge in [0.1, 0.15) is 5.25 Å². The van der Waals surface area contributed by atoms with Gasteiger partial charge in [-0.1, -0.05) is 17.7 Å². The summed E-state index contributed by atoms with van der Waals surface area (Å²) in [6.07, 6.45) is 0. The average Bonchev–Trinajstić information content (AvgIpc) is 3.22. The van der Waals surface area contributed by atoms with Gasteiger partial charge in [-0.15, -0.1) is 11.3 Å². The van der Waals surface area contributed by atoms with Crippen molar-refractivity contribution in [1.82, 2.24) is 4.72 Å². The molecule has 1 heterocycles. The number of methoxy groups -OCH3 is 1. The number of hydrogen-bond donors (Lipinski definition) is 1. The number of ether oxygens (including phenoxy) is 1. The van der Waals surface area contributed by atoms with E-state index in [1.807, 2.05) is 0 Å². The zero-order valence-corrected chi connectivity index (χ0v) is 18.8. The van der Waals surface area contributed by atoms with E-state index >= 15 is 0 Å². The van der Waals surface area contributed by atoms with E-state index in [1.165, 1.54) is 54.8 Å². The molecule has 0 saturated carbocycles. The molecule has 1 unspecified atom stereocenters. The Morgan fingerprint density at radius 1 is 1.07 bits per heavy atom. The first-order chi connectivity index (χ1) is 14.1. The maximum atomic E-state index is 13.9. The molecule has 0 aliphatic carbocycles. The van der Waals surface area contributed by atoms with Crippen LogP contribution in [0.4, 0.5) is 4.39 Å². The highest BCUT2D eigenvalue weighted by Gasteiger charge is 2.31. The maximum Gasteiger partial charge on any atom is 0.240 e. The highest BCUT2D eigenvalue weighted by atomic mass is 35.5. The molecule has 6 nitrogen and oxygen atoms in total. The van der Waals surface area contributed by atoms with Crippen molar-refractivity contribution in [3.8, 4) is 5.75 Å². The predicted molar refractivity (Wildman–Crippen MR) is 114 cm³/mol. The van der Waals surface area contributed by atoms with Gasteiger partial charge < -0.3 is 4.74 Å². The first-order valence-corrected chi connectivity index (χ1v) is 12.8. The third-order valence-electron chi connectivity index (χ3n) is 4.27. The van der Waals surface area contributed by atoms with Crippen LogP contribution < -0.4 is 9.46 Å². The lowest BCUT2D eigenvalue weighted by Gasteiger charge is -2.18. The number of halogens is 2. The van der Waals surface area contributed by atoms with Gasteiger partial charge in [-0.3, -0.25) is 0 Å². The first kappa shape index (κ1) is 22.7. The van der Waals surface area contributed by atoms with Crippen molar-refractivity contribution in [2.75, 3.05) is 13.7 Å². The van der Waals surface area contributed by atoms with Crippen molar-refractivity contribution in [2.24, 2.45) is 0 Å². The highest BCUT2D eigenvalue weighted by Crippen LogP contribution is 2.32. The molecule has 2 aromatic carbocycles. The molecule has 0 aliphatic rings. The van der Waals surface area contributed by atoms with Crippen LogP contribution in [0.3, 0.4) is 0 Å². The Balaban J connectivity index is 1.91. The van der Waals surface area contributed by atoms with E-state index in [9.17, 15) is 21.2 Å². The van der Waals surface area contributed by atoms with Crippen LogP contribution in [0.1, 0.15) is 10.1 Å². The summed E-state index contributed by atoms with van der Waals surface area (Å²) in [7, 11) is -6.84. The van der Waals surface area contributed by atoms with E-state index in [1.54, 1.807) is 17.5 Å². The number of sulfonamides is 1. The van der Waals surface area contributed by atoms with Gasteiger partial charge in [0, 0.05) is 16.4 Å². The van der Waals surface area contributed by atoms with Gasteiger partial charge in [-0.05, 0) is 53.9 Å². The molecule has 0 aliphatic heterocycles. The molecule has 0 amide bonds. The Morgan fingerprint density at radius 2 is 1.73 bits per heavy atom. The molecule has 0 spiro atoms. The predicted octanol–water partition coefficient (Wildman–Crippen LogP) is 4.04. The summed E-state index contributed by atoms with van der Waals surface area (Å²) in [4.78, 5) is 0.142. The summed E-state index contributed by atoms with van der Waals surface area (Å²) in [6, 6.07) is 12.1. The molecule has 3 aromatic rings. The Morgan fingerprint density at radius 3 is 2.30 bits per heavy atom. The lowest BCUT2D eigenvalue weighted by atomic mass is 10.3. The molecule has 0 radical (unpaired) electrons. The minimum absolute atomic E-state index is 0.0139. The van der Waals surface area contributed by atoms with Gasteiger partial charge in [0.05, 0.1) is 16.9 Å². The summed E-state index contributed by atoms with van der Waals surface area (Å²) in [5.74, 6) is -0.945. The van der Waals surface area contributed by atoms with E-state index < -0.39 is 37.5 Å². The van der Waals surface area contributed by atoms with Gasteiger partial charge in [0.2, 0.25) is 10.0 Å². The Labute approximate surface area is 183 Å². The van der Waals surface area contributed by atoms with Crippen molar-refractivity contribution < 1.29 is 26.0 Å². The zero-order valence-electron chi connectivity index (χ0n) is 15.6. The lowest BCUT2D eigenvalue weighted by Crippen LogP contribution is -2.31. The van der Waals surface area contributed by atoms with Gasteiger partial charge in [-0.2, -0.15) is 0 Å². The van der Waals surface area contributed by atoms with E-state index in [0.29, 0.717) is 9.90 Å². The van der Waals surface area contributed by atoms with E-state index in [2.05, 4.69) is 4.72 Å². The molecule has 0 saturated heterocycles. The Kier molecular flexibility index (Phi) is 6.83. The normalized spacial score (nSPS) is 13.2. The number of hydrogen-bond acceptors (Lipinski definition) is 6. The molecule has 0 fully saturated rings. The second kappa shape index (κ2) is 9.03. The smallest absolute Gasteiger partial charge is 0.240 e. The van der Waals surface area contributed by atoms with Gasteiger partial charge in [0.25, 0.3) is 0 Å². The van der Waals surface area contributed by atoms with Crippen LogP contribution in [0, 0.1) is 5.82 Å².